The van der Waals surface area contributed by atoms with E-state index >= 15 is 0 Å². The van der Waals surface area contributed by atoms with Crippen molar-refractivity contribution in [2.45, 2.75) is 33.3 Å². The van der Waals surface area contributed by atoms with Crippen LogP contribution >= 0.6 is 0 Å². The lowest BCUT2D eigenvalue weighted by Gasteiger charge is -2.19. The number of hydrogen-bond donors (Lipinski definition) is 2. The molecule has 0 saturated heterocycles. The van der Waals surface area contributed by atoms with Crippen molar-refractivity contribution < 1.29 is 14.3 Å². The molecule has 0 saturated carbocycles. The minimum absolute atomic E-state index is 0.322. The molecule has 7 heteroatoms. The number of aryl methyl sites for hydroxylation is 1. The zero-order valence-corrected chi connectivity index (χ0v) is 20.5. The summed E-state index contributed by atoms with van der Waals surface area (Å²) in [5, 5.41) is 0.560. The minimum Gasteiger partial charge on any atom is -0.443 e. The first kappa shape index (κ1) is 24.4. The van der Waals surface area contributed by atoms with Crippen LogP contribution < -0.4 is 10.9 Å². The molecule has 2 heterocycles. The van der Waals surface area contributed by atoms with Gasteiger partial charge >= 0.3 is 6.09 Å². The summed E-state index contributed by atoms with van der Waals surface area (Å²) in [6.07, 6.45) is 2.43. The highest BCUT2D eigenvalue weighted by molar-refractivity contribution is 6.07. The number of amides is 2. The predicted molar refractivity (Wildman–Crippen MR) is 139 cm³/mol. The molecule has 2 aromatic carbocycles. The molecule has 0 aliphatic carbocycles. The summed E-state index contributed by atoms with van der Waals surface area (Å²) in [4.78, 5) is 33.7. The second kappa shape index (κ2) is 10.3. The number of benzene rings is 2. The molecule has 4 rings (SSSR count). The van der Waals surface area contributed by atoms with Crippen molar-refractivity contribution in [2.24, 2.45) is 0 Å². The molecular weight excluding hydrogens is 452 g/mol. The average Bonchev–Trinajstić information content (AvgIpc) is 2.85. The second-order valence-electron chi connectivity index (χ2n) is 9.22. The summed E-state index contributed by atoms with van der Waals surface area (Å²) in [7, 11) is 0. The summed E-state index contributed by atoms with van der Waals surface area (Å²) in [6, 6.07) is 19.1. The van der Waals surface area contributed by atoms with E-state index < -0.39 is 17.6 Å². The van der Waals surface area contributed by atoms with Crippen LogP contribution in [-0.2, 0) is 4.74 Å². The lowest BCUT2D eigenvalue weighted by Crippen LogP contribution is -2.44. The number of carbonyl (C=O) groups is 2. The van der Waals surface area contributed by atoms with Crippen molar-refractivity contribution in [3.05, 3.63) is 95.3 Å². The quantitative estimate of drug-likeness (QED) is 0.306. The molecule has 0 atom stereocenters. The maximum Gasteiger partial charge on any atom is 0.426 e. The molecule has 7 nitrogen and oxygen atoms in total. The van der Waals surface area contributed by atoms with Gasteiger partial charge in [0.15, 0.2) is 0 Å². The van der Waals surface area contributed by atoms with Crippen molar-refractivity contribution in [1.82, 2.24) is 20.8 Å². The highest BCUT2D eigenvalue weighted by atomic mass is 16.6. The molecule has 2 aromatic heterocycles. The fraction of sp³-hybridized carbons (Fsp3) is 0.172. The highest BCUT2D eigenvalue weighted by Gasteiger charge is 2.18. The number of ether oxygens (including phenoxy) is 1. The number of carbonyl (C=O) groups excluding carboxylic acids is 2. The number of aromatic nitrogens is 2. The normalized spacial score (nSPS) is 10.8. The van der Waals surface area contributed by atoms with Crippen molar-refractivity contribution >= 4 is 22.9 Å². The molecule has 180 valence electrons. The maximum absolute atomic E-state index is 13.0. The van der Waals surface area contributed by atoms with Gasteiger partial charge in [-0.25, -0.2) is 15.2 Å². The lowest BCUT2D eigenvalue weighted by atomic mass is 10.0. The number of rotatable bonds is 2. The Labute approximate surface area is 209 Å². The molecule has 0 bridgehead atoms. The Balaban J connectivity index is 1.58. The molecule has 0 unspecified atom stereocenters. The summed E-state index contributed by atoms with van der Waals surface area (Å²) < 4.78 is 5.17. The van der Waals surface area contributed by atoms with Crippen molar-refractivity contribution in [3.8, 4) is 23.1 Å². The van der Waals surface area contributed by atoms with Crippen LogP contribution in [0.4, 0.5) is 4.79 Å². The van der Waals surface area contributed by atoms with Gasteiger partial charge < -0.3 is 4.74 Å². The second-order valence-corrected chi connectivity index (χ2v) is 9.22. The number of nitrogens with zero attached hydrogens (tertiary/aromatic N) is 2. The van der Waals surface area contributed by atoms with E-state index in [0.717, 1.165) is 16.7 Å². The number of hydrogen-bond acceptors (Lipinski definition) is 5. The highest BCUT2D eigenvalue weighted by Crippen LogP contribution is 2.24. The smallest absolute Gasteiger partial charge is 0.426 e. The zero-order chi connectivity index (χ0) is 25.7. The molecule has 36 heavy (non-hydrogen) atoms. The van der Waals surface area contributed by atoms with Crippen LogP contribution in [0.2, 0.25) is 0 Å². The van der Waals surface area contributed by atoms with E-state index in [1.807, 2.05) is 55.5 Å². The molecule has 4 aromatic rings. The first-order valence-electron chi connectivity index (χ1n) is 11.4. The van der Waals surface area contributed by atoms with E-state index in [1.54, 1.807) is 45.3 Å². The average molecular weight is 479 g/mol. The molecule has 0 radical (unpaired) electrons. The third-order valence-electron chi connectivity index (χ3n) is 5.12. The van der Waals surface area contributed by atoms with E-state index in [4.69, 9.17) is 9.72 Å². The Morgan fingerprint density at radius 1 is 0.889 bits per heavy atom. The van der Waals surface area contributed by atoms with Gasteiger partial charge in [-0.2, -0.15) is 0 Å². The Bertz CT molecular complexity index is 1480. The van der Waals surface area contributed by atoms with Crippen LogP contribution in [0.3, 0.4) is 0 Å². The SMILES string of the molecule is Cc1ccc(C#Cc2ccc(-c3cc(C(=O)NNC(=O)OC(C)(C)C)c4cnccc4n3)cc2)cc1. The maximum atomic E-state index is 13.0. The molecule has 0 fully saturated rings. The predicted octanol–water partition coefficient (Wildman–Crippen LogP) is 5.17. The van der Waals surface area contributed by atoms with Crippen LogP contribution in [0.5, 0.6) is 0 Å². The largest absolute Gasteiger partial charge is 0.443 e. The van der Waals surface area contributed by atoms with Crippen molar-refractivity contribution in [1.29, 1.82) is 0 Å². The van der Waals surface area contributed by atoms with E-state index in [-0.39, 0.29) is 0 Å². The Kier molecular flexibility index (Phi) is 6.98. The van der Waals surface area contributed by atoms with Crippen LogP contribution in [0.15, 0.2) is 73.1 Å². The molecule has 2 N–H and O–H groups in total. The van der Waals surface area contributed by atoms with Crippen LogP contribution in [-0.4, -0.2) is 27.6 Å². The molecule has 0 aliphatic heterocycles. The third-order valence-corrected chi connectivity index (χ3v) is 5.12. The molecule has 0 aliphatic rings. The number of pyridine rings is 2. The fourth-order valence-corrected chi connectivity index (χ4v) is 3.39. The van der Waals surface area contributed by atoms with Gasteiger partial charge in [-0.05, 0) is 64.1 Å². The summed E-state index contributed by atoms with van der Waals surface area (Å²) in [6.45, 7) is 7.26. The minimum atomic E-state index is -0.755. The van der Waals surface area contributed by atoms with Gasteiger partial charge in [0.2, 0.25) is 0 Å². The molecule has 0 spiro atoms. The monoisotopic (exact) mass is 478 g/mol. The summed E-state index contributed by atoms with van der Waals surface area (Å²) in [5.41, 5.74) is 9.35. The van der Waals surface area contributed by atoms with Gasteiger partial charge in [0.1, 0.15) is 5.60 Å². The van der Waals surface area contributed by atoms with Gasteiger partial charge in [0.05, 0.1) is 16.8 Å². The van der Waals surface area contributed by atoms with Gasteiger partial charge in [0.25, 0.3) is 5.91 Å². The van der Waals surface area contributed by atoms with E-state index in [2.05, 4.69) is 27.7 Å². The Morgan fingerprint density at radius 2 is 1.53 bits per heavy atom. The third kappa shape index (κ3) is 6.24. The summed E-state index contributed by atoms with van der Waals surface area (Å²) >= 11 is 0. The van der Waals surface area contributed by atoms with E-state index in [0.29, 0.717) is 22.2 Å². The van der Waals surface area contributed by atoms with Crippen LogP contribution in [0.1, 0.15) is 47.8 Å². The van der Waals surface area contributed by atoms with E-state index in [1.165, 1.54) is 5.56 Å². The Morgan fingerprint density at radius 3 is 2.17 bits per heavy atom. The van der Waals surface area contributed by atoms with Crippen molar-refractivity contribution in [2.75, 3.05) is 0 Å². The van der Waals surface area contributed by atoms with Gasteiger partial charge in [0, 0.05) is 34.5 Å². The zero-order valence-electron chi connectivity index (χ0n) is 20.5. The Hall–Kier alpha value is -4.70. The lowest BCUT2D eigenvalue weighted by molar-refractivity contribution is 0.0483. The van der Waals surface area contributed by atoms with Crippen LogP contribution in [0, 0.1) is 18.8 Å². The number of nitrogens with one attached hydrogen (secondary N) is 2. The fourth-order valence-electron chi connectivity index (χ4n) is 3.39. The van der Waals surface area contributed by atoms with E-state index in [9.17, 15) is 9.59 Å². The van der Waals surface area contributed by atoms with Gasteiger partial charge in [-0.3, -0.25) is 15.2 Å². The number of fused-ring (bicyclic) bond motifs is 1. The number of hydrazine groups is 1. The topological polar surface area (TPSA) is 93.2 Å². The van der Waals surface area contributed by atoms with Crippen molar-refractivity contribution in [3.63, 3.8) is 0 Å². The molecular formula is C29H26N4O3. The first-order chi connectivity index (χ1) is 17.2. The first-order valence-corrected chi connectivity index (χ1v) is 11.4. The van der Waals surface area contributed by atoms with Crippen LogP contribution in [0.25, 0.3) is 22.2 Å². The van der Waals surface area contributed by atoms with Gasteiger partial charge in [-0.1, -0.05) is 41.7 Å². The van der Waals surface area contributed by atoms with Gasteiger partial charge in [-0.15, -0.1) is 0 Å². The standard InChI is InChI=1S/C29H26N4O3/c1-19-5-7-20(8-6-19)9-10-21-11-13-22(14-12-21)26-17-23(24-18-30-16-15-25(24)31-26)27(34)32-33-28(35)36-29(2,3)4/h5-8,11-18H,1-4H3,(H,32,34)(H,33,35). The molecule has 2 amide bonds. The summed E-state index contributed by atoms with van der Waals surface area (Å²) in [5.74, 6) is 5.82.